The van der Waals surface area contributed by atoms with Crippen molar-refractivity contribution in [2.75, 3.05) is 0 Å². The molecule has 1 atom stereocenters. The van der Waals surface area contributed by atoms with E-state index in [4.69, 9.17) is 0 Å². The van der Waals surface area contributed by atoms with Crippen LogP contribution in [0.1, 0.15) is 43.4 Å². The minimum atomic E-state index is -0.749. The Morgan fingerprint density at radius 2 is 1.81 bits per heavy atom. The number of benzene rings is 1. The molecule has 0 bridgehead atoms. The number of hydrogen-bond donors (Lipinski definition) is 1. The number of carboxylic acids is 1. The summed E-state index contributed by atoms with van der Waals surface area (Å²) >= 11 is 0. The Bertz CT molecular complexity index is 400. The molecule has 2 nitrogen and oxygen atoms in total. The van der Waals surface area contributed by atoms with Crippen LogP contribution in [0.2, 0.25) is 0 Å². The molecule has 1 rings (SSSR count). The van der Waals surface area contributed by atoms with E-state index >= 15 is 0 Å². The molecule has 0 amide bonds. The summed E-state index contributed by atoms with van der Waals surface area (Å²) in [5.41, 5.74) is 2.81. The van der Waals surface area contributed by atoms with E-state index in [0.29, 0.717) is 0 Å². The first-order valence-electron chi connectivity index (χ1n) is 5.53. The predicted octanol–water partition coefficient (Wildman–Crippen LogP) is 3.52. The van der Waals surface area contributed by atoms with Gasteiger partial charge in [0.2, 0.25) is 0 Å². The van der Waals surface area contributed by atoms with Gasteiger partial charge >= 0.3 is 5.97 Å². The molecule has 0 aliphatic carbocycles. The highest BCUT2D eigenvalue weighted by Crippen LogP contribution is 2.37. The molecule has 16 heavy (non-hydrogen) atoms. The quantitative estimate of drug-likeness (QED) is 0.828. The van der Waals surface area contributed by atoms with Gasteiger partial charge in [0.05, 0.1) is 5.92 Å². The summed E-state index contributed by atoms with van der Waals surface area (Å²) in [6.45, 7) is 9.86. The molecule has 0 unspecified atom stereocenters. The molecule has 0 aromatic heterocycles. The van der Waals surface area contributed by atoms with E-state index in [1.165, 1.54) is 0 Å². The standard InChI is InChI=1S/C14H20O2/c1-9-6-7-10(2)11(8-9)12(13(15)16)14(3,4)5/h6-8,12H,1-5H3,(H,15,16)/t12-/m0/s1. The minimum absolute atomic E-state index is 0.273. The lowest BCUT2D eigenvalue weighted by molar-refractivity contribution is -0.141. The summed E-state index contributed by atoms with van der Waals surface area (Å²) < 4.78 is 0. The van der Waals surface area contributed by atoms with Gasteiger partial charge in [0.15, 0.2) is 0 Å². The zero-order chi connectivity index (χ0) is 12.5. The van der Waals surface area contributed by atoms with Crippen molar-refractivity contribution in [1.29, 1.82) is 0 Å². The topological polar surface area (TPSA) is 37.3 Å². The van der Waals surface area contributed by atoms with Gasteiger partial charge in [-0.05, 0) is 30.4 Å². The van der Waals surface area contributed by atoms with E-state index in [2.05, 4.69) is 0 Å². The maximum atomic E-state index is 11.4. The zero-order valence-corrected chi connectivity index (χ0v) is 10.7. The van der Waals surface area contributed by atoms with E-state index in [1.807, 2.05) is 52.8 Å². The highest BCUT2D eigenvalue weighted by Gasteiger charge is 2.33. The Morgan fingerprint density at radius 1 is 1.25 bits per heavy atom. The zero-order valence-electron chi connectivity index (χ0n) is 10.7. The second-order valence-corrected chi connectivity index (χ2v) is 5.50. The normalized spacial score (nSPS) is 13.6. The first kappa shape index (κ1) is 12.8. The highest BCUT2D eigenvalue weighted by molar-refractivity contribution is 5.77. The molecule has 1 aromatic carbocycles. The van der Waals surface area contributed by atoms with Crippen molar-refractivity contribution in [2.45, 2.75) is 40.5 Å². The number of hydrogen-bond acceptors (Lipinski definition) is 1. The Morgan fingerprint density at radius 3 is 2.25 bits per heavy atom. The van der Waals surface area contributed by atoms with Crippen LogP contribution in [0.4, 0.5) is 0 Å². The lowest BCUT2D eigenvalue weighted by Gasteiger charge is -2.28. The Balaban J connectivity index is 3.32. The number of carbonyl (C=O) groups is 1. The van der Waals surface area contributed by atoms with Crippen molar-refractivity contribution in [3.63, 3.8) is 0 Å². The lowest BCUT2D eigenvalue weighted by Crippen LogP contribution is -2.27. The lowest BCUT2D eigenvalue weighted by atomic mass is 9.75. The van der Waals surface area contributed by atoms with Gasteiger partial charge in [-0.3, -0.25) is 4.79 Å². The fourth-order valence-corrected chi connectivity index (χ4v) is 2.04. The molecule has 0 aliphatic rings. The number of aliphatic carboxylic acids is 1. The van der Waals surface area contributed by atoms with Crippen LogP contribution in [-0.2, 0) is 4.79 Å². The van der Waals surface area contributed by atoms with Gasteiger partial charge in [0, 0.05) is 0 Å². The number of aryl methyl sites for hydroxylation is 2. The second kappa shape index (κ2) is 4.28. The van der Waals surface area contributed by atoms with Gasteiger partial charge in [0.1, 0.15) is 0 Å². The average molecular weight is 220 g/mol. The maximum absolute atomic E-state index is 11.4. The molecule has 0 aliphatic heterocycles. The summed E-state index contributed by atoms with van der Waals surface area (Å²) in [4.78, 5) is 11.4. The van der Waals surface area contributed by atoms with Crippen LogP contribution >= 0.6 is 0 Å². The van der Waals surface area contributed by atoms with Gasteiger partial charge in [-0.2, -0.15) is 0 Å². The minimum Gasteiger partial charge on any atom is -0.481 e. The summed E-state index contributed by atoms with van der Waals surface area (Å²) in [5.74, 6) is -1.20. The summed E-state index contributed by atoms with van der Waals surface area (Å²) in [6.07, 6.45) is 0. The van der Waals surface area contributed by atoms with Crippen molar-refractivity contribution in [1.82, 2.24) is 0 Å². The van der Waals surface area contributed by atoms with Gasteiger partial charge < -0.3 is 5.11 Å². The fraction of sp³-hybridized carbons (Fsp3) is 0.500. The Labute approximate surface area is 97.3 Å². The number of rotatable bonds is 2. The third kappa shape index (κ3) is 2.63. The largest absolute Gasteiger partial charge is 0.481 e. The van der Waals surface area contributed by atoms with Crippen LogP contribution in [0.15, 0.2) is 18.2 Å². The molecule has 0 heterocycles. The highest BCUT2D eigenvalue weighted by atomic mass is 16.4. The third-order valence-electron chi connectivity index (χ3n) is 2.86. The Kier molecular flexibility index (Phi) is 3.41. The molecule has 1 aromatic rings. The van der Waals surface area contributed by atoms with Crippen LogP contribution in [0.5, 0.6) is 0 Å². The molecule has 2 heteroatoms. The van der Waals surface area contributed by atoms with E-state index in [-0.39, 0.29) is 5.41 Å². The van der Waals surface area contributed by atoms with Crippen molar-refractivity contribution in [2.24, 2.45) is 5.41 Å². The summed E-state index contributed by atoms with van der Waals surface area (Å²) in [7, 11) is 0. The first-order valence-corrected chi connectivity index (χ1v) is 5.53. The Hall–Kier alpha value is -1.31. The monoisotopic (exact) mass is 220 g/mol. The van der Waals surface area contributed by atoms with E-state index < -0.39 is 11.9 Å². The predicted molar refractivity (Wildman–Crippen MR) is 65.7 cm³/mol. The third-order valence-corrected chi connectivity index (χ3v) is 2.86. The SMILES string of the molecule is Cc1ccc(C)c([C@@H](C(=O)O)C(C)(C)C)c1. The van der Waals surface area contributed by atoms with Crippen LogP contribution in [0.25, 0.3) is 0 Å². The smallest absolute Gasteiger partial charge is 0.311 e. The molecule has 0 fully saturated rings. The van der Waals surface area contributed by atoms with Gasteiger partial charge in [-0.25, -0.2) is 0 Å². The summed E-state index contributed by atoms with van der Waals surface area (Å²) in [6, 6.07) is 5.99. The van der Waals surface area contributed by atoms with E-state index in [9.17, 15) is 9.90 Å². The van der Waals surface area contributed by atoms with Crippen LogP contribution in [-0.4, -0.2) is 11.1 Å². The summed E-state index contributed by atoms with van der Waals surface area (Å²) in [5, 5.41) is 9.38. The molecule has 88 valence electrons. The van der Waals surface area contributed by atoms with Gasteiger partial charge in [-0.1, -0.05) is 44.5 Å². The molecule has 1 N–H and O–H groups in total. The molecular weight excluding hydrogens is 200 g/mol. The number of carboxylic acid groups (broad SMARTS) is 1. The average Bonchev–Trinajstić information content (AvgIpc) is 2.08. The molecule has 0 saturated carbocycles. The van der Waals surface area contributed by atoms with E-state index in [0.717, 1.165) is 16.7 Å². The molecule has 0 radical (unpaired) electrons. The molecule has 0 saturated heterocycles. The van der Waals surface area contributed by atoms with Crippen molar-refractivity contribution >= 4 is 5.97 Å². The van der Waals surface area contributed by atoms with Crippen LogP contribution in [0.3, 0.4) is 0 Å². The van der Waals surface area contributed by atoms with E-state index in [1.54, 1.807) is 0 Å². The maximum Gasteiger partial charge on any atom is 0.311 e. The van der Waals surface area contributed by atoms with Gasteiger partial charge in [0.25, 0.3) is 0 Å². The molecule has 0 spiro atoms. The first-order chi connectivity index (χ1) is 7.23. The van der Waals surface area contributed by atoms with Crippen molar-refractivity contribution in [3.8, 4) is 0 Å². The van der Waals surface area contributed by atoms with Crippen LogP contribution in [0, 0.1) is 19.3 Å². The van der Waals surface area contributed by atoms with Gasteiger partial charge in [-0.15, -0.1) is 0 Å². The molecular formula is C14H20O2. The van der Waals surface area contributed by atoms with Crippen molar-refractivity contribution < 1.29 is 9.90 Å². The van der Waals surface area contributed by atoms with Crippen LogP contribution < -0.4 is 0 Å². The fourth-order valence-electron chi connectivity index (χ4n) is 2.04. The van der Waals surface area contributed by atoms with Crippen molar-refractivity contribution in [3.05, 3.63) is 34.9 Å². The second-order valence-electron chi connectivity index (χ2n) is 5.50.